The lowest BCUT2D eigenvalue weighted by atomic mass is 9.94. The van der Waals surface area contributed by atoms with Gasteiger partial charge in [0, 0.05) is 30.7 Å². The van der Waals surface area contributed by atoms with E-state index in [1.54, 1.807) is 30.3 Å². The maximum Gasteiger partial charge on any atom is 0.341 e. The Balaban J connectivity index is 1.40. The second-order valence-corrected chi connectivity index (χ2v) is 12.0. The van der Waals surface area contributed by atoms with E-state index in [9.17, 15) is 23.1 Å². The summed E-state index contributed by atoms with van der Waals surface area (Å²) in [7, 11) is -3.61. The van der Waals surface area contributed by atoms with Crippen molar-refractivity contribution in [1.29, 1.82) is 0 Å². The summed E-state index contributed by atoms with van der Waals surface area (Å²) in [6.07, 6.45) is 3.38. The first kappa shape index (κ1) is 23.6. The van der Waals surface area contributed by atoms with Crippen molar-refractivity contribution in [3.8, 4) is 11.1 Å². The van der Waals surface area contributed by atoms with Gasteiger partial charge in [0.05, 0.1) is 10.4 Å². The second-order valence-electron chi connectivity index (χ2n) is 10.0. The summed E-state index contributed by atoms with van der Waals surface area (Å²) in [5.74, 6) is -1.22. The zero-order valence-corrected chi connectivity index (χ0v) is 21.4. The van der Waals surface area contributed by atoms with Crippen molar-refractivity contribution >= 4 is 26.9 Å². The smallest absolute Gasteiger partial charge is 0.341 e. The summed E-state index contributed by atoms with van der Waals surface area (Å²) in [6.45, 7) is 4.49. The molecule has 0 spiro atoms. The molecule has 37 heavy (non-hydrogen) atoms. The molecule has 0 unspecified atom stereocenters. The number of sulfonamides is 1. The van der Waals surface area contributed by atoms with Crippen LogP contribution in [0.5, 0.6) is 0 Å². The highest BCUT2D eigenvalue weighted by atomic mass is 32.2. The van der Waals surface area contributed by atoms with Gasteiger partial charge < -0.3 is 9.67 Å². The van der Waals surface area contributed by atoms with Crippen LogP contribution in [0.15, 0.2) is 70.5 Å². The van der Waals surface area contributed by atoms with Gasteiger partial charge in [-0.05, 0) is 78.8 Å². The third kappa shape index (κ3) is 3.88. The van der Waals surface area contributed by atoms with Crippen LogP contribution in [0.25, 0.3) is 22.0 Å². The molecule has 6 rings (SSSR count). The Bertz CT molecular complexity index is 1770. The number of nitrogens with zero attached hydrogens (tertiary/aromatic N) is 2. The number of aromatic nitrogens is 1. The third-order valence-corrected chi connectivity index (χ3v) is 9.29. The van der Waals surface area contributed by atoms with Gasteiger partial charge in [-0.3, -0.25) is 4.79 Å². The number of fused-ring (bicyclic) bond motifs is 2. The quantitative estimate of drug-likeness (QED) is 0.403. The predicted octanol–water partition coefficient (Wildman–Crippen LogP) is 5.02. The van der Waals surface area contributed by atoms with Crippen molar-refractivity contribution in [2.24, 2.45) is 0 Å². The molecule has 1 aliphatic heterocycles. The van der Waals surface area contributed by atoms with Crippen molar-refractivity contribution in [2.75, 3.05) is 0 Å². The van der Waals surface area contributed by atoms with Gasteiger partial charge in [-0.1, -0.05) is 35.9 Å². The number of benzene rings is 3. The molecule has 4 aromatic rings. The van der Waals surface area contributed by atoms with Crippen LogP contribution in [-0.4, -0.2) is 28.4 Å². The first-order valence-electron chi connectivity index (χ1n) is 12.3. The van der Waals surface area contributed by atoms with Crippen LogP contribution in [0.3, 0.4) is 0 Å². The first-order chi connectivity index (χ1) is 17.6. The molecule has 0 saturated heterocycles. The van der Waals surface area contributed by atoms with Gasteiger partial charge in [-0.25, -0.2) is 13.2 Å². The summed E-state index contributed by atoms with van der Waals surface area (Å²) in [5, 5.41) is 9.95. The van der Waals surface area contributed by atoms with Gasteiger partial charge in [0.2, 0.25) is 15.5 Å². The molecule has 3 aromatic carbocycles. The van der Waals surface area contributed by atoms with E-state index in [1.165, 1.54) is 10.5 Å². The lowest BCUT2D eigenvalue weighted by molar-refractivity contribution is 0.0695. The highest BCUT2D eigenvalue weighted by Gasteiger charge is 2.31. The Kier molecular flexibility index (Phi) is 5.36. The Morgan fingerprint density at radius 3 is 2.32 bits per heavy atom. The molecule has 1 aliphatic carbocycles. The molecular weight excluding hydrogens is 488 g/mol. The lowest BCUT2D eigenvalue weighted by Gasteiger charge is -2.17. The van der Waals surface area contributed by atoms with Gasteiger partial charge in [0.15, 0.2) is 0 Å². The Morgan fingerprint density at radius 2 is 1.65 bits per heavy atom. The number of rotatable bonds is 5. The standard InChI is InChI=1S/C29H26N2O5S/c1-17-3-9-23(10-4-17)37(35,36)30-14-20-6-5-19(13-21(20)15-30)24-11-12-25-27(18(24)2)31(22-7-8-22)16-26(28(25)32)29(33)34/h3-6,9-13,16,22H,7-8,14-15H2,1-2H3,(H,33,34). The average Bonchev–Trinajstić information content (AvgIpc) is 3.62. The summed E-state index contributed by atoms with van der Waals surface area (Å²) in [6, 6.07) is 16.6. The van der Waals surface area contributed by atoms with Gasteiger partial charge in [-0.15, -0.1) is 0 Å². The van der Waals surface area contributed by atoms with E-state index in [4.69, 9.17) is 0 Å². The number of pyridine rings is 1. The van der Waals surface area contributed by atoms with Crippen LogP contribution >= 0.6 is 0 Å². The molecule has 1 N–H and O–H groups in total. The highest BCUT2D eigenvalue weighted by molar-refractivity contribution is 7.89. The molecule has 188 valence electrons. The van der Waals surface area contributed by atoms with Crippen LogP contribution in [0.2, 0.25) is 0 Å². The normalized spacial score (nSPS) is 15.7. The highest BCUT2D eigenvalue weighted by Crippen LogP contribution is 2.40. The molecule has 1 saturated carbocycles. The summed E-state index contributed by atoms with van der Waals surface area (Å²) in [5.41, 5.74) is 5.79. The predicted molar refractivity (Wildman–Crippen MR) is 141 cm³/mol. The van der Waals surface area contributed by atoms with Crippen LogP contribution in [-0.2, 0) is 23.1 Å². The minimum atomic E-state index is -3.61. The second kappa shape index (κ2) is 8.39. The van der Waals surface area contributed by atoms with Gasteiger partial charge in [0.1, 0.15) is 5.56 Å². The number of aryl methyl sites for hydroxylation is 2. The number of carbonyl (C=O) groups is 1. The molecule has 0 radical (unpaired) electrons. The van der Waals surface area contributed by atoms with Crippen LogP contribution in [0.1, 0.15) is 51.5 Å². The molecule has 8 heteroatoms. The molecule has 2 heterocycles. The Hall–Kier alpha value is -3.75. The van der Waals surface area contributed by atoms with E-state index in [0.717, 1.165) is 51.7 Å². The third-order valence-electron chi connectivity index (χ3n) is 7.49. The molecule has 1 aromatic heterocycles. The van der Waals surface area contributed by atoms with Gasteiger partial charge in [0.25, 0.3) is 0 Å². The fraction of sp³-hybridized carbons (Fsp3) is 0.241. The minimum absolute atomic E-state index is 0.190. The van der Waals surface area contributed by atoms with Crippen molar-refractivity contribution < 1.29 is 18.3 Å². The zero-order valence-electron chi connectivity index (χ0n) is 20.6. The van der Waals surface area contributed by atoms with Crippen LogP contribution < -0.4 is 5.43 Å². The molecule has 0 amide bonds. The largest absolute Gasteiger partial charge is 0.477 e. The van der Waals surface area contributed by atoms with E-state index in [-0.39, 0.29) is 16.5 Å². The number of hydrogen-bond acceptors (Lipinski definition) is 4. The van der Waals surface area contributed by atoms with Gasteiger partial charge in [-0.2, -0.15) is 4.31 Å². The maximum atomic E-state index is 13.2. The Labute approximate surface area is 214 Å². The Morgan fingerprint density at radius 1 is 0.946 bits per heavy atom. The van der Waals surface area contributed by atoms with Crippen molar-refractivity contribution in [3.05, 3.63) is 98.8 Å². The molecule has 0 atom stereocenters. The van der Waals surface area contributed by atoms with E-state index < -0.39 is 21.4 Å². The maximum absolute atomic E-state index is 13.2. The van der Waals surface area contributed by atoms with Crippen molar-refractivity contribution in [1.82, 2.24) is 8.87 Å². The van der Waals surface area contributed by atoms with E-state index in [1.807, 2.05) is 42.7 Å². The lowest BCUT2D eigenvalue weighted by Crippen LogP contribution is -2.25. The van der Waals surface area contributed by atoms with E-state index in [0.29, 0.717) is 18.5 Å². The summed E-state index contributed by atoms with van der Waals surface area (Å²) in [4.78, 5) is 24.9. The first-order valence-corrected chi connectivity index (χ1v) is 13.7. The van der Waals surface area contributed by atoms with E-state index in [2.05, 4.69) is 0 Å². The monoisotopic (exact) mass is 514 g/mol. The summed E-state index contributed by atoms with van der Waals surface area (Å²) >= 11 is 0. The fourth-order valence-corrected chi connectivity index (χ4v) is 6.69. The SMILES string of the molecule is Cc1ccc(S(=O)(=O)N2Cc3ccc(-c4ccc5c(=O)c(C(=O)O)cn(C6CC6)c5c4C)cc3C2)cc1. The molecule has 7 nitrogen and oxygen atoms in total. The van der Waals surface area contributed by atoms with Crippen molar-refractivity contribution in [2.45, 2.75) is 50.7 Å². The van der Waals surface area contributed by atoms with E-state index >= 15 is 0 Å². The number of carboxylic acids is 1. The van der Waals surface area contributed by atoms with Crippen LogP contribution in [0, 0.1) is 13.8 Å². The van der Waals surface area contributed by atoms with Gasteiger partial charge >= 0.3 is 5.97 Å². The van der Waals surface area contributed by atoms with Crippen molar-refractivity contribution in [3.63, 3.8) is 0 Å². The average molecular weight is 515 g/mol. The zero-order chi connectivity index (χ0) is 26.1. The molecule has 1 fully saturated rings. The number of aromatic carboxylic acids is 1. The van der Waals surface area contributed by atoms with Crippen LogP contribution in [0.4, 0.5) is 0 Å². The molecule has 2 aliphatic rings. The minimum Gasteiger partial charge on any atom is -0.477 e. The number of carboxylic acid groups (broad SMARTS) is 1. The molecular formula is C29H26N2O5S. The molecule has 0 bridgehead atoms. The number of hydrogen-bond donors (Lipinski definition) is 1. The fourth-order valence-electron chi connectivity index (χ4n) is 5.29. The summed E-state index contributed by atoms with van der Waals surface area (Å²) < 4.78 is 29.9. The topological polar surface area (TPSA) is 96.7 Å².